The largest absolute Gasteiger partial charge is 0.481 e. The van der Waals surface area contributed by atoms with E-state index in [9.17, 15) is 4.79 Å². The van der Waals surface area contributed by atoms with Gasteiger partial charge in [-0.05, 0) is 31.9 Å². The van der Waals surface area contributed by atoms with Crippen molar-refractivity contribution in [3.8, 4) is 0 Å². The molecular weight excluding hydrogens is 214 g/mol. The van der Waals surface area contributed by atoms with E-state index < -0.39 is 5.97 Å². The monoisotopic (exact) mass is 233 g/mol. The van der Waals surface area contributed by atoms with Crippen LogP contribution in [0.5, 0.6) is 0 Å². The van der Waals surface area contributed by atoms with Crippen LogP contribution in [0.2, 0.25) is 0 Å². The summed E-state index contributed by atoms with van der Waals surface area (Å²) in [7, 11) is 2.03. The van der Waals surface area contributed by atoms with Crippen LogP contribution in [-0.4, -0.2) is 35.6 Å². The van der Waals surface area contributed by atoms with Crippen LogP contribution in [0, 0.1) is 5.92 Å². The number of hydrogen-bond acceptors (Lipinski definition) is 2. The molecule has 2 atom stereocenters. The normalized spacial score (nSPS) is 23.4. The Labute approximate surface area is 102 Å². The molecule has 2 unspecified atom stereocenters. The maximum Gasteiger partial charge on any atom is 0.308 e. The Morgan fingerprint density at radius 2 is 2.06 bits per heavy atom. The Kier molecular flexibility index (Phi) is 3.79. The van der Waals surface area contributed by atoms with E-state index in [1.807, 2.05) is 25.2 Å². The highest BCUT2D eigenvalue weighted by molar-refractivity contribution is 5.72. The van der Waals surface area contributed by atoms with Crippen molar-refractivity contribution in [2.24, 2.45) is 5.92 Å². The predicted octanol–water partition coefficient (Wildman–Crippen LogP) is 2.02. The molecule has 1 aliphatic carbocycles. The number of carboxylic acids is 1. The molecule has 1 saturated carbocycles. The molecule has 17 heavy (non-hydrogen) atoms. The Hall–Kier alpha value is -1.35. The minimum absolute atomic E-state index is 0.157. The first-order chi connectivity index (χ1) is 8.18. The van der Waals surface area contributed by atoms with Crippen molar-refractivity contribution in [1.29, 1.82) is 0 Å². The summed E-state index contributed by atoms with van der Waals surface area (Å²) in [6.45, 7) is 0.929. The lowest BCUT2D eigenvalue weighted by molar-refractivity contribution is -0.148. The van der Waals surface area contributed by atoms with Gasteiger partial charge < -0.3 is 10.0 Å². The van der Waals surface area contributed by atoms with Crippen LogP contribution in [0.15, 0.2) is 30.3 Å². The molecule has 0 aliphatic heterocycles. The van der Waals surface area contributed by atoms with Gasteiger partial charge in [0.1, 0.15) is 0 Å². The zero-order valence-electron chi connectivity index (χ0n) is 10.2. The number of likely N-dealkylation sites (N-methyl/N-ethyl adjacent to an activating group) is 1. The van der Waals surface area contributed by atoms with Gasteiger partial charge in [-0.2, -0.15) is 0 Å². The predicted molar refractivity (Wildman–Crippen MR) is 66.9 cm³/mol. The minimum Gasteiger partial charge on any atom is -0.481 e. The van der Waals surface area contributed by atoms with Gasteiger partial charge >= 0.3 is 5.97 Å². The summed E-state index contributed by atoms with van der Waals surface area (Å²) in [4.78, 5) is 13.1. The van der Waals surface area contributed by atoms with Gasteiger partial charge in [0.05, 0.1) is 5.92 Å². The summed E-state index contributed by atoms with van der Waals surface area (Å²) >= 11 is 0. The molecule has 0 spiro atoms. The molecule has 1 fully saturated rings. The van der Waals surface area contributed by atoms with Gasteiger partial charge in [0.25, 0.3) is 0 Å². The summed E-state index contributed by atoms with van der Waals surface area (Å²) < 4.78 is 0. The molecule has 1 aromatic rings. The molecule has 0 saturated heterocycles. The van der Waals surface area contributed by atoms with Gasteiger partial charge in [-0.3, -0.25) is 4.79 Å². The fourth-order valence-electron chi connectivity index (χ4n) is 2.41. The molecule has 3 heteroatoms. The smallest absolute Gasteiger partial charge is 0.308 e. The third-order valence-electron chi connectivity index (χ3n) is 3.72. The summed E-state index contributed by atoms with van der Waals surface area (Å²) in [6, 6.07) is 10.6. The van der Waals surface area contributed by atoms with Gasteiger partial charge in [0.2, 0.25) is 0 Å². The zero-order valence-corrected chi connectivity index (χ0v) is 10.2. The minimum atomic E-state index is -0.646. The number of carboxylic acid groups (broad SMARTS) is 1. The van der Waals surface area contributed by atoms with Crippen molar-refractivity contribution in [2.45, 2.75) is 25.3 Å². The van der Waals surface area contributed by atoms with E-state index in [1.165, 1.54) is 5.56 Å². The molecular formula is C14H19NO2. The molecule has 0 aromatic heterocycles. The first kappa shape index (κ1) is 12.1. The Balaban J connectivity index is 1.82. The number of aliphatic carboxylic acids is 1. The number of carbonyl (C=O) groups is 1. The maximum atomic E-state index is 10.9. The van der Waals surface area contributed by atoms with Crippen molar-refractivity contribution in [3.05, 3.63) is 35.9 Å². The summed E-state index contributed by atoms with van der Waals surface area (Å²) in [6.07, 6.45) is 2.83. The van der Waals surface area contributed by atoms with Crippen molar-refractivity contribution >= 4 is 5.97 Å². The van der Waals surface area contributed by atoms with Crippen LogP contribution in [0.3, 0.4) is 0 Å². The summed E-state index contributed by atoms with van der Waals surface area (Å²) in [5.41, 5.74) is 1.31. The highest BCUT2D eigenvalue weighted by Crippen LogP contribution is 2.31. The Morgan fingerprint density at radius 1 is 1.35 bits per heavy atom. The average Bonchev–Trinajstić information content (AvgIpc) is 2.25. The van der Waals surface area contributed by atoms with Gasteiger partial charge in [-0.15, -0.1) is 0 Å². The fraction of sp³-hybridized carbons (Fsp3) is 0.500. The van der Waals surface area contributed by atoms with Gasteiger partial charge in [0.15, 0.2) is 0 Å². The van der Waals surface area contributed by atoms with E-state index in [0.717, 1.165) is 25.8 Å². The molecule has 92 valence electrons. The van der Waals surface area contributed by atoms with E-state index in [-0.39, 0.29) is 12.0 Å². The van der Waals surface area contributed by atoms with Crippen LogP contribution < -0.4 is 0 Å². The highest BCUT2D eigenvalue weighted by Gasteiger charge is 2.38. The van der Waals surface area contributed by atoms with Crippen LogP contribution in [-0.2, 0) is 11.2 Å². The number of rotatable bonds is 5. The van der Waals surface area contributed by atoms with E-state index in [2.05, 4.69) is 17.0 Å². The molecule has 0 amide bonds. The molecule has 1 N–H and O–H groups in total. The van der Waals surface area contributed by atoms with E-state index in [4.69, 9.17) is 5.11 Å². The van der Waals surface area contributed by atoms with Crippen LogP contribution in [0.1, 0.15) is 18.4 Å². The molecule has 1 aliphatic rings. The molecule has 1 aromatic carbocycles. The van der Waals surface area contributed by atoms with Crippen molar-refractivity contribution < 1.29 is 9.90 Å². The zero-order chi connectivity index (χ0) is 12.3. The van der Waals surface area contributed by atoms with Crippen LogP contribution in [0.4, 0.5) is 0 Å². The lowest BCUT2D eigenvalue weighted by Gasteiger charge is -2.40. The van der Waals surface area contributed by atoms with E-state index in [1.54, 1.807) is 0 Å². The first-order valence-corrected chi connectivity index (χ1v) is 6.15. The third kappa shape index (κ3) is 2.86. The first-order valence-electron chi connectivity index (χ1n) is 6.15. The SMILES string of the molecule is CN(CCc1ccccc1)C1CCC1C(=O)O. The number of hydrogen-bond donors (Lipinski definition) is 1. The molecule has 2 rings (SSSR count). The topological polar surface area (TPSA) is 40.5 Å². The molecule has 0 radical (unpaired) electrons. The lowest BCUT2D eigenvalue weighted by atomic mass is 9.78. The van der Waals surface area contributed by atoms with Crippen molar-refractivity contribution in [1.82, 2.24) is 4.90 Å². The average molecular weight is 233 g/mol. The van der Waals surface area contributed by atoms with E-state index >= 15 is 0 Å². The van der Waals surface area contributed by atoms with Gasteiger partial charge in [-0.25, -0.2) is 0 Å². The second-order valence-corrected chi connectivity index (χ2v) is 4.81. The number of nitrogens with zero attached hydrogens (tertiary/aromatic N) is 1. The number of benzene rings is 1. The van der Waals surface area contributed by atoms with Gasteiger partial charge in [0, 0.05) is 12.6 Å². The standard InChI is InChI=1S/C14H19NO2/c1-15(13-8-7-12(13)14(16)17)10-9-11-5-3-2-4-6-11/h2-6,12-13H,7-10H2,1H3,(H,16,17). The van der Waals surface area contributed by atoms with Crippen LogP contribution in [0.25, 0.3) is 0 Å². The fourth-order valence-corrected chi connectivity index (χ4v) is 2.41. The Bertz CT molecular complexity index is 377. The summed E-state index contributed by atoms with van der Waals surface area (Å²) in [5, 5.41) is 9.01. The molecule has 0 bridgehead atoms. The third-order valence-corrected chi connectivity index (χ3v) is 3.72. The molecule has 3 nitrogen and oxygen atoms in total. The Morgan fingerprint density at radius 3 is 2.59 bits per heavy atom. The van der Waals surface area contributed by atoms with Crippen molar-refractivity contribution in [2.75, 3.05) is 13.6 Å². The lowest BCUT2D eigenvalue weighted by Crippen LogP contribution is -2.49. The quantitative estimate of drug-likeness (QED) is 0.846. The second-order valence-electron chi connectivity index (χ2n) is 4.81. The highest BCUT2D eigenvalue weighted by atomic mass is 16.4. The van der Waals surface area contributed by atoms with E-state index in [0.29, 0.717) is 0 Å². The summed E-state index contributed by atoms with van der Waals surface area (Å²) in [5.74, 6) is -0.802. The molecule has 0 heterocycles. The van der Waals surface area contributed by atoms with Crippen molar-refractivity contribution in [3.63, 3.8) is 0 Å². The maximum absolute atomic E-state index is 10.9. The second kappa shape index (κ2) is 5.32. The van der Waals surface area contributed by atoms with Crippen LogP contribution >= 0.6 is 0 Å². The van der Waals surface area contributed by atoms with Gasteiger partial charge in [-0.1, -0.05) is 30.3 Å².